The quantitative estimate of drug-likeness (QED) is 0.803. The number of nitrogens with zero attached hydrogens (tertiary/aromatic N) is 1. The Labute approximate surface area is 81.2 Å². The molecule has 0 aliphatic rings. The highest BCUT2D eigenvalue weighted by Gasteiger charge is 2.04. The van der Waals surface area contributed by atoms with E-state index in [0.29, 0.717) is 20.6 Å². The molecule has 0 saturated heterocycles. The summed E-state index contributed by atoms with van der Waals surface area (Å²) in [5.41, 5.74) is 6.12. The summed E-state index contributed by atoms with van der Waals surface area (Å²) < 4.78 is 6.23. The van der Waals surface area contributed by atoms with Crippen LogP contribution in [0.15, 0.2) is 15.3 Å². The topological polar surface area (TPSA) is 48.1 Å². The van der Waals surface area contributed by atoms with Crippen LogP contribution in [0.2, 0.25) is 0 Å². The standard InChI is InChI=1S/C6H6Br2N2O/c1-11-4-2-3(9)5(7)10-6(4)8/h2H,9H2,1H3. The molecule has 0 fully saturated rings. The van der Waals surface area contributed by atoms with Gasteiger partial charge in [-0.15, -0.1) is 0 Å². The van der Waals surface area contributed by atoms with E-state index in [1.165, 1.54) is 0 Å². The fraction of sp³-hybridized carbons (Fsp3) is 0.167. The predicted molar refractivity (Wildman–Crippen MR) is 50.6 cm³/mol. The molecule has 0 spiro atoms. The van der Waals surface area contributed by atoms with Crippen LogP contribution in [0.25, 0.3) is 0 Å². The molecule has 1 aromatic heterocycles. The SMILES string of the molecule is COc1cc(N)c(Br)nc1Br. The molecule has 0 radical (unpaired) electrons. The van der Waals surface area contributed by atoms with E-state index >= 15 is 0 Å². The van der Waals surface area contributed by atoms with E-state index in [4.69, 9.17) is 10.5 Å². The third kappa shape index (κ3) is 1.84. The van der Waals surface area contributed by atoms with Gasteiger partial charge in [0, 0.05) is 6.07 Å². The number of halogens is 2. The summed E-state index contributed by atoms with van der Waals surface area (Å²) in [4.78, 5) is 4.03. The van der Waals surface area contributed by atoms with Gasteiger partial charge in [-0.25, -0.2) is 4.98 Å². The highest BCUT2D eigenvalue weighted by Crippen LogP contribution is 2.28. The van der Waals surface area contributed by atoms with Crippen molar-refractivity contribution in [3.63, 3.8) is 0 Å². The predicted octanol–water partition coefficient (Wildman–Crippen LogP) is 2.20. The number of ether oxygens (including phenoxy) is 1. The maximum Gasteiger partial charge on any atom is 0.153 e. The number of methoxy groups -OCH3 is 1. The van der Waals surface area contributed by atoms with Crippen molar-refractivity contribution in [2.75, 3.05) is 12.8 Å². The Morgan fingerprint density at radius 2 is 2.09 bits per heavy atom. The molecule has 0 aliphatic heterocycles. The molecule has 1 rings (SSSR count). The van der Waals surface area contributed by atoms with Crippen molar-refractivity contribution in [2.45, 2.75) is 0 Å². The zero-order chi connectivity index (χ0) is 8.43. The molecule has 5 heteroatoms. The van der Waals surface area contributed by atoms with Crippen molar-refractivity contribution in [3.05, 3.63) is 15.3 Å². The lowest BCUT2D eigenvalue weighted by molar-refractivity contribution is 0.410. The Hall–Kier alpha value is -0.290. The minimum Gasteiger partial charge on any atom is -0.494 e. The number of hydrogen-bond acceptors (Lipinski definition) is 3. The normalized spacial score (nSPS) is 9.73. The van der Waals surface area contributed by atoms with Gasteiger partial charge in [0.25, 0.3) is 0 Å². The monoisotopic (exact) mass is 280 g/mol. The van der Waals surface area contributed by atoms with Crippen LogP contribution in [0, 0.1) is 0 Å². The summed E-state index contributed by atoms with van der Waals surface area (Å²) >= 11 is 6.41. The van der Waals surface area contributed by atoms with E-state index in [-0.39, 0.29) is 0 Å². The maximum absolute atomic E-state index is 5.55. The summed E-state index contributed by atoms with van der Waals surface area (Å²) in [5.74, 6) is 0.630. The summed E-state index contributed by atoms with van der Waals surface area (Å²) in [7, 11) is 1.56. The highest BCUT2D eigenvalue weighted by molar-refractivity contribution is 9.11. The molecule has 0 amide bonds. The Balaban J connectivity index is 3.21. The number of rotatable bonds is 1. The van der Waals surface area contributed by atoms with E-state index in [0.717, 1.165) is 0 Å². The van der Waals surface area contributed by atoms with E-state index in [1.807, 2.05) is 0 Å². The first-order valence-corrected chi connectivity index (χ1v) is 4.39. The number of anilines is 1. The van der Waals surface area contributed by atoms with Gasteiger partial charge in [0.1, 0.15) is 9.21 Å². The molecule has 0 aliphatic carbocycles. The molecule has 2 N–H and O–H groups in total. The minimum atomic E-state index is 0.560. The fourth-order valence-electron chi connectivity index (χ4n) is 0.609. The van der Waals surface area contributed by atoms with Gasteiger partial charge in [-0.2, -0.15) is 0 Å². The second kappa shape index (κ2) is 3.40. The van der Waals surface area contributed by atoms with Gasteiger partial charge in [-0.3, -0.25) is 0 Å². The third-order valence-electron chi connectivity index (χ3n) is 1.14. The third-order valence-corrected chi connectivity index (χ3v) is 2.35. The lowest BCUT2D eigenvalue weighted by Gasteiger charge is -2.03. The van der Waals surface area contributed by atoms with Gasteiger partial charge in [-0.05, 0) is 31.9 Å². The summed E-state index contributed by atoms with van der Waals surface area (Å²) in [6, 6.07) is 1.70. The van der Waals surface area contributed by atoms with Crippen LogP contribution < -0.4 is 10.5 Å². The molecule has 11 heavy (non-hydrogen) atoms. The highest BCUT2D eigenvalue weighted by atomic mass is 79.9. The van der Waals surface area contributed by atoms with E-state index in [1.54, 1.807) is 13.2 Å². The smallest absolute Gasteiger partial charge is 0.153 e. The summed E-state index contributed by atoms with van der Waals surface area (Å²) in [6.07, 6.45) is 0. The van der Waals surface area contributed by atoms with Crippen molar-refractivity contribution in [3.8, 4) is 5.75 Å². The number of nitrogens with two attached hydrogens (primary N) is 1. The van der Waals surface area contributed by atoms with Crippen molar-refractivity contribution in [2.24, 2.45) is 0 Å². The molecule has 60 valence electrons. The minimum absolute atomic E-state index is 0.560. The van der Waals surface area contributed by atoms with Crippen LogP contribution in [-0.4, -0.2) is 12.1 Å². The van der Waals surface area contributed by atoms with Crippen LogP contribution in [0.4, 0.5) is 5.69 Å². The average molecular weight is 282 g/mol. The van der Waals surface area contributed by atoms with Gasteiger partial charge in [0.15, 0.2) is 5.75 Å². The lowest BCUT2D eigenvalue weighted by Crippen LogP contribution is -1.93. The van der Waals surface area contributed by atoms with E-state index < -0.39 is 0 Å². The molecular weight excluding hydrogens is 276 g/mol. The Bertz CT molecular complexity index is 278. The molecule has 0 saturated carbocycles. The van der Waals surface area contributed by atoms with Gasteiger partial charge in [0.2, 0.25) is 0 Å². The molecule has 1 aromatic rings. The fourth-order valence-corrected chi connectivity index (χ4v) is 1.59. The molecule has 0 aromatic carbocycles. The first-order chi connectivity index (χ1) is 5.15. The van der Waals surface area contributed by atoms with Crippen LogP contribution in [-0.2, 0) is 0 Å². The zero-order valence-electron chi connectivity index (χ0n) is 5.77. The second-order valence-electron chi connectivity index (χ2n) is 1.86. The second-order valence-corrected chi connectivity index (χ2v) is 3.36. The molecule has 0 bridgehead atoms. The molecule has 3 nitrogen and oxygen atoms in total. The number of hydrogen-bond donors (Lipinski definition) is 1. The van der Waals surface area contributed by atoms with Crippen LogP contribution in [0.5, 0.6) is 5.75 Å². The van der Waals surface area contributed by atoms with Crippen LogP contribution >= 0.6 is 31.9 Å². The summed E-state index contributed by atoms with van der Waals surface area (Å²) in [6.45, 7) is 0. The first-order valence-electron chi connectivity index (χ1n) is 2.80. The van der Waals surface area contributed by atoms with Crippen LogP contribution in [0.1, 0.15) is 0 Å². The molecular formula is C6H6Br2N2O. The van der Waals surface area contributed by atoms with E-state index in [2.05, 4.69) is 36.8 Å². The molecule has 1 heterocycles. The average Bonchev–Trinajstić information content (AvgIpc) is 1.97. The zero-order valence-corrected chi connectivity index (χ0v) is 8.94. The number of nitrogen functional groups attached to an aromatic ring is 1. The van der Waals surface area contributed by atoms with Gasteiger partial charge in [0.05, 0.1) is 12.8 Å². The van der Waals surface area contributed by atoms with Crippen LogP contribution in [0.3, 0.4) is 0 Å². The number of pyridine rings is 1. The van der Waals surface area contributed by atoms with Gasteiger partial charge in [-0.1, -0.05) is 0 Å². The molecule has 0 unspecified atom stereocenters. The van der Waals surface area contributed by atoms with Crippen molar-refractivity contribution in [1.29, 1.82) is 0 Å². The molecule has 0 atom stereocenters. The largest absolute Gasteiger partial charge is 0.494 e. The van der Waals surface area contributed by atoms with E-state index in [9.17, 15) is 0 Å². The maximum atomic E-state index is 5.55. The Kier molecular flexibility index (Phi) is 2.72. The van der Waals surface area contributed by atoms with Crippen molar-refractivity contribution >= 4 is 37.5 Å². The van der Waals surface area contributed by atoms with Crippen molar-refractivity contribution < 1.29 is 4.74 Å². The summed E-state index contributed by atoms with van der Waals surface area (Å²) in [5, 5.41) is 0. The van der Waals surface area contributed by atoms with Gasteiger partial charge >= 0.3 is 0 Å². The Morgan fingerprint density at radius 3 is 2.64 bits per heavy atom. The first kappa shape index (κ1) is 8.80. The number of aromatic nitrogens is 1. The lowest BCUT2D eigenvalue weighted by atomic mass is 10.4. The Morgan fingerprint density at radius 1 is 1.45 bits per heavy atom. The van der Waals surface area contributed by atoms with Gasteiger partial charge < -0.3 is 10.5 Å². The van der Waals surface area contributed by atoms with Crippen molar-refractivity contribution in [1.82, 2.24) is 4.98 Å².